The molecule has 3 atom stereocenters. The zero-order chi connectivity index (χ0) is 13.4. The van der Waals surface area contributed by atoms with Crippen LogP contribution in [0.3, 0.4) is 0 Å². The van der Waals surface area contributed by atoms with Crippen LogP contribution in [0.25, 0.3) is 0 Å². The number of fused-ring (bicyclic) bond motifs is 1. The lowest BCUT2D eigenvalue weighted by molar-refractivity contribution is 0.162. The number of nitrogens with one attached hydrogen (secondary N) is 1. The van der Waals surface area contributed by atoms with Crippen LogP contribution in [0.2, 0.25) is 0 Å². The summed E-state index contributed by atoms with van der Waals surface area (Å²) in [6.45, 7) is 6.81. The molecule has 0 bridgehead atoms. The second-order valence-corrected chi connectivity index (χ2v) is 6.17. The summed E-state index contributed by atoms with van der Waals surface area (Å²) in [5.41, 5.74) is 0. The maximum absolute atomic E-state index is 4.38. The fourth-order valence-electron chi connectivity index (χ4n) is 3.36. The van der Waals surface area contributed by atoms with Crippen LogP contribution in [-0.2, 0) is 13.0 Å². The summed E-state index contributed by atoms with van der Waals surface area (Å²) in [6.07, 6.45) is 4.76. The lowest BCUT2D eigenvalue weighted by atomic mass is 9.98. The molecule has 0 radical (unpaired) electrons. The molecule has 1 fully saturated rings. The average molecular weight is 263 g/mol. The van der Waals surface area contributed by atoms with Gasteiger partial charge in [-0.3, -0.25) is 0 Å². The number of hydrogen-bond acceptors (Lipinski definition) is 4. The van der Waals surface area contributed by atoms with E-state index in [0.29, 0.717) is 18.1 Å². The van der Waals surface area contributed by atoms with Crippen molar-refractivity contribution in [2.75, 3.05) is 13.6 Å². The largest absolute Gasteiger partial charge is 0.314 e. The molecule has 3 heterocycles. The highest BCUT2D eigenvalue weighted by Crippen LogP contribution is 2.22. The lowest BCUT2D eigenvalue weighted by Gasteiger charge is -2.36. The van der Waals surface area contributed by atoms with Crippen molar-refractivity contribution < 1.29 is 0 Å². The topological polar surface area (TPSA) is 46.0 Å². The van der Waals surface area contributed by atoms with Crippen LogP contribution in [0.5, 0.6) is 0 Å². The highest BCUT2D eigenvalue weighted by molar-refractivity contribution is 5.04. The predicted molar refractivity (Wildman–Crippen MR) is 75.0 cm³/mol. The van der Waals surface area contributed by atoms with Gasteiger partial charge in [-0.25, -0.2) is 0 Å². The molecule has 3 rings (SSSR count). The third-order valence-electron chi connectivity index (χ3n) is 4.72. The molecule has 19 heavy (non-hydrogen) atoms. The Labute approximate surface area is 115 Å². The Morgan fingerprint density at radius 3 is 2.95 bits per heavy atom. The van der Waals surface area contributed by atoms with Crippen LogP contribution in [0, 0.1) is 0 Å². The van der Waals surface area contributed by atoms with Gasteiger partial charge in [0.15, 0.2) is 0 Å². The standard InChI is InChI=1S/C14H25N5/c1-10-9-12(6-8-18(10)3)15-11(2)14-17-16-13-5-4-7-19(13)14/h10-12,15H,4-9H2,1-3H3. The Morgan fingerprint density at radius 2 is 2.16 bits per heavy atom. The van der Waals surface area contributed by atoms with Gasteiger partial charge in [0.05, 0.1) is 6.04 Å². The molecule has 1 aromatic heterocycles. The molecule has 0 amide bonds. The molecule has 0 aliphatic carbocycles. The number of piperidine rings is 1. The Bertz CT molecular complexity index is 441. The molecule has 1 saturated heterocycles. The SMILES string of the molecule is CC(NC1CCN(C)C(C)C1)c1nnc2n1CCC2. The van der Waals surface area contributed by atoms with Crippen LogP contribution < -0.4 is 5.32 Å². The quantitative estimate of drug-likeness (QED) is 0.894. The summed E-state index contributed by atoms with van der Waals surface area (Å²) in [5.74, 6) is 2.29. The third-order valence-corrected chi connectivity index (χ3v) is 4.72. The second-order valence-electron chi connectivity index (χ2n) is 6.17. The highest BCUT2D eigenvalue weighted by atomic mass is 15.3. The van der Waals surface area contributed by atoms with E-state index < -0.39 is 0 Å². The molecule has 2 aliphatic heterocycles. The van der Waals surface area contributed by atoms with Gasteiger partial charge in [0.1, 0.15) is 11.6 Å². The molecule has 0 saturated carbocycles. The van der Waals surface area contributed by atoms with E-state index >= 15 is 0 Å². The minimum absolute atomic E-state index is 0.306. The van der Waals surface area contributed by atoms with E-state index in [4.69, 9.17) is 0 Å². The molecule has 0 aromatic carbocycles. The number of aromatic nitrogens is 3. The molecule has 5 nitrogen and oxygen atoms in total. The number of nitrogens with zero attached hydrogens (tertiary/aromatic N) is 4. The van der Waals surface area contributed by atoms with Crippen molar-refractivity contribution in [3.8, 4) is 0 Å². The van der Waals surface area contributed by atoms with E-state index in [0.717, 1.165) is 18.8 Å². The first kappa shape index (κ1) is 13.1. The van der Waals surface area contributed by atoms with Crippen molar-refractivity contribution in [2.24, 2.45) is 0 Å². The Balaban J connectivity index is 1.63. The Hall–Kier alpha value is -0.940. The summed E-state index contributed by atoms with van der Waals surface area (Å²) in [7, 11) is 2.22. The Kier molecular flexibility index (Phi) is 3.58. The zero-order valence-corrected chi connectivity index (χ0v) is 12.3. The van der Waals surface area contributed by atoms with Crippen molar-refractivity contribution >= 4 is 0 Å². The number of likely N-dealkylation sites (tertiary alicyclic amines) is 1. The normalized spacial score (nSPS) is 29.4. The second kappa shape index (κ2) is 5.21. The van der Waals surface area contributed by atoms with Gasteiger partial charge in [0, 0.05) is 25.0 Å². The van der Waals surface area contributed by atoms with Crippen molar-refractivity contribution in [3.05, 3.63) is 11.6 Å². The van der Waals surface area contributed by atoms with Gasteiger partial charge >= 0.3 is 0 Å². The van der Waals surface area contributed by atoms with Crippen LogP contribution in [0.15, 0.2) is 0 Å². The number of rotatable bonds is 3. The molecule has 1 N–H and O–H groups in total. The van der Waals surface area contributed by atoms with Crippen LogP contribution in [0.4, 0.5) is 0 Å². The molecule has 0 spiro atoms. The van der Waals surface area contributed by atoms with Crippen molar-refractivity contribution in [1.82, 2.24) is 25.0 Å². The van der Waals surface area contributed by atoms with Crippen LogP contribution in [0.1, 0.15) is 50.8 Å². The molecular formula is C14H25N5. The van der Waals surface area contributed by atoms with Gasteiger partial charge in [0.2, 0.25) is 0 Å². The zero-order valence-electron chi connectivity index (χ0n) is 12.3. The minimum atomic E-state index is 0.306. The third kappa shape index (κ3) is 2.54. The van der Waals surface area contributed by atoms with Crippen molar-refractivity contribution in [3.63, 3.8) is 0 Å². The van der Waals surface area contributed by atoms with E-state index in [-0.39, 0.29) is 0 Å². The fourth-order valence-corrected chi connectivity index (χ4v) is 3.36. The first-order valence-corrected chi connectivity index (χ1v) is 7.53. The van der Waals surface area contributed by atoms with E-state index in [1.165, 1.54) is 31.6 Å². The van der Waals surface area contributed by atoms with Gasteiger partial charge in [-0.1, -0.05) is 0 Å². The van der Waals surface area contributed by atoms with Gasteiger partial charge < -0.3 is 14.8 Å². The number of hydrogen-bond donors (Lipinski definition) is 1. The maximum Gasteiger partial charge on any atom is 0.149 e. The molecule has 5 heteroatoms. The highest BCUT2D eigenvalue weighted by Gasteiger charge is 2.26. The van der Waals surface area contributed by atoms with E-state index in [1.807, 2.05) is 0 Å². The molecule has 106 valence electrons. The average Bonchev–Trinajstić information content (AvgIpc) is 2.95. The van der Waals surface area contributed by atoms with Crippen molar-refractivity contribution in [2.45, 2.75) is 64.2 Å². The van der Waals surface area contributed by atoms with Crippen LogP contribution in [-0.4, -0.2) is 45.3 Å². The van der Waals surface area contributed by atoms with Crippen LogP contribution >= 0.6 is 0 Å². The van der Waals surface area contributed by atoms with Crippen molar-refractivity contribution in [1.29, 1.82) is 0 Å². The van der Waals surface area contributed by atoms with Gasteiger partial charge in [-0.05, 0) is 46.7 Å². The van der Waals surface area contributed by atoms with Gasteiger partial charge in [0.25, 0.3) is 0 Å². The fraction of sp³-hybridized carbons (Fsp3) is 0.857. The first-order chi connectivity index (χ1) is 9.15. The number of aryl methyl sites for hydroxylation is 1. The smallest absolute Gasteiger partial charge is 0.149 e. The maximum atomic E-state index is 4.38. The minimum Gasteiger partial charge on any atom is -0.314 e. The Morgan fingerprint density at radius 1 is 1.32 bits per heavy atom. The summed E-state index contributed by atoms with van der Waals surface area (Å²) in [6, 6.07) is 1.58. The summed E-state index contributed by atoms with van der Waals surface area (Å²) >= 11 is 0. The summed E-state index contributed by atoms with van der Waals surface area (Å²) in [4.78, 5) is 2.44. The monoisotopic (exact) mass is 263 g/mol. The molecule has 2 aliphatic rings. The summed E-state index contributed by atoms with van der Waals surface area (Å²) in [5, 5.41) is 12.4. The van der Waals surface area contributed by atoms with E-state index in [1.54, 1.807) is 0 Å². The predicted octanol–water partition coefficient (Wildman–Crippen LogP) is 1.36. The summed E-state index contributed by atoms with van der Waals surface area (Å²) < 4.78 is 2.30. The first-order valence-electron chi connectivity index (χ1n) is 7.53. The molecular weight excluding hydrogens is 238 g/mol. The molecule has 3 unspecified atom stereocenters. The van der Waals surface area contributed by atoms with Gasteiger partial charge in [-0.15, -0.1) is 10.2 Å². The lowest BCUT2D eigenvalue weighted by Crippen LogP contribution is -2.46. The van der Waals surface area contributed by atoms with E-state index in [9.17, 15) is 0 Å². The van der Waals surface area contributed by atoms with E-state index in [2.05, 4.69) is 45.9 Å². The molecule has 1 aromatic rings. The van der Waals surface area contributed by atoms with Gasteiger partial charge in [-0.2, -0.15) is 0 Å².